The first-order valence-electron chi connectivity index (χ1n) is 10.6. The maximum Gasteiger partial charge on any atom is 0.294 e. The summed E-state index contributed by atoms with van der Waals surface area (Å²) in [5.41, 5.74) is 0.553. The highest BCUT2D eigenvalue weighted by Crippen LogP contribution is 2.32. The first-order valence-corrected chi connectivity index (χ1v) is 11.4. The van der Waals surface area contributed by atoms with Crippen molar-refractivity contribution in [1.82, 2.24) is 0 Å². The lowest BCUT2D eigenvalue weighted by atomic mass is 10.0. The summed E-state index contributed by atoms with van der Waals surface area (Å²) in [5, 5.41) is 25.9. The van der Waals surface area contributed by atoms with Gasteiger partial charge < -0.3 is 10.1 Å². The van der Waals surface area contributed by atoms with Gasteiger partial charge in [-0.15, -0.1) is 0 Å². The molecule has 0 saturated carbocycles. The van der Waals surface area contributed by atoms with Crippen molar-refractivity contribution in [3.63, 3.8) is 0 Å². The van der Waals surface area contributed by atoms with E-state index in [2.05, 4.69) is 5.32 Å². The molecule has 0 heterocycles. The molecule has 4 aromatic rings. The molecule has 0 saturated heterocycles. The van der Waals surface area contributed by atoms with Gasteiger partial charge in [0, 0.05) is 27.2 Å². The standard InChI is InChI=1S/C27H17Cl2N3O4/c28-20-10-11-24(25(14-20)32(34)35)31-27(33)19(15-30)13-22-21-7-3-1-5-17(21)9-12-26(22)36-16-18-6-2-4-8-23(18)29/h1-14H,16H2,(H,31,33)/b19-13+. The Bertz CT molecular complexity index is 1560. The third kappa shape index (κ3) is 5.47. The van der Waals surface area contributed by atoms with Gasteiger partial charge in [-0.2, -0.15) is 5.26 Å². The molecule has 0 atom stereocenters. The molecule has 9 heteroatoms. The van der Waals surface area contributed by atoms with Crippen LogP contribution in [0.25, 0.3) is 16.8 Å². The van der Waals surface area contributed by atoms with Gasteiger partial charge >= 0.3 is 0 Å². The highest BCUT2D eigenvalue weighted by molar-refractivity contribution is 6.31. The lowest BCUT2D eigenvalue weighted by Crippen LogP contribution is -2.14. The fourth-order valence-electron chi connectivity index (χ4n) is 3.57. The van der Waals surface area contributed by atoms with Gasteiger partial charge in [0.25, 0.3) is 11.6 Å². The Kier molecular flexibility index (Phi) is 7.50. The molecule has 0 spiro atoms. The molecule has 1 amide bonds. The molecule has 4 rings (SSSR count). The highest BCUT2D eigenvalue weighted by atomic mass is 35.5. The highest BCUT2D eigenvalue weighted by Gasteiger charge is 2.19. The van der Waals surface area contributed by atoms with E-state index in [1.54, 1.807) is 12.1 Å². The van der Waals surface area contributed by atoms with E-state index in [9.17, 15) is 20.2 Å². The quantitative estimate of drug-likeness (QED) is 0.121. The normalized spacial score (nSPS) is 11.1. The number of ether oxygens (including phenoxy) is 1. The Morgan fingerprint density at radius 2 is 1.81 bits per heavy atom. The van der Waals surface area contributed by atoms with Crippen LogP contribution in [0.3, 0.4) is 0 Å². The van der Waals surface area contributed by atoms with E-state index in [0.717, 1.165) is 22.4 Å². The fourth-order valence-corrected chi connectivity index (χ4v) is 3.92. The molecule has 0 unspecified atom stereocenters. The van der Waals surface area contributed by atoms with Gasteiger partial charge in [0.1, 0.15) is 29.7 Å². The number of halogens is 2. The fraction of sp³-hybridized carbons (Fsp3) is 0.0370. The van der Waals surface area contributed by atoms with Crippen molar-refractivity contribution < 1.29 is 14.5 Å². The number of rotatable bonds is 7. The van der Waals surface area contributed by atoms with Gasteiger partial charge in [-0.3, -0.25) is 14.9 Å². The molecule has 0 fully saturated rings. The van der Waals surface area contributed by atoms with Gasteiger partial charge in [0.15, 0.2) is 0 Å². The van der Waals surface area contributed by atoms with Crippen LogP contribution in [-0.2, 0) is 11.4 Å². The van der Waals surface area contributed by atoms with Crippen molar-refractivity contribution in [2.24, 2.45) is 0 Å². The van der Waals surface area contributed by atoms with Crippen LogP contribution in [0.2, 0.25) is 10.0 Å². The monoisotopic (exact) mass is 517 g/mol. The average Bonchev–Trinajstić information content (AvgIpc) is 2.88. The zero-order valence-electron chi connectivity index (χ0n) is 18.6. The lowest BCUT2D eigenvalue weighted by Gasteiger charge is -2.13. The Morgan fingerprint density at radius 3 is 2.56 bits per heavy atom. The molecular weight excluding hydrogens is 501 g/mol. The van der Waals surface area contributed by atoms with Crippen LogP contribution < -0.4 is 10.1 Å². The number of amides is 1. The van der Waals surface area contributed by atoms with Crippen molar-refractivity contribution in [1.29, 1.82) is 5.26 Å². The SMILES string of the molecule is N#C/C(=C\c1c(OCc2ccccc2Cl)ccc2ccccc12)C(=O)Nc1ccc(Cl)cc1[N+](=O)[O-]. The topological polar surface area (TPSA) is 105 Å². The number of nitro benzene ring substituents is 1. The summed E-state index contributed by atoms with van der Waals surface area (Å²) in [6.45, 7) is 0.171. The van der Waals surface area contributed by atoms with Crippen molar-refractivity contribution in [2.75, 3.05) is 5.32 Å². The minimum Gasteiger partial charge on any atom is -0.488 e. The Hall–Kier alpha value is -4.38. The maximum absolute atomic E-state index is 13.0. The average molecular weight is 518 g/mol. The molecule has 0 bridgehead atoms. The second kappa shape index (κ2) is 10.9. The number of nitriles is 1. The molecular formula is C27H17Cl2N3O4. The Labute approximate surface area is 216 Å². The molecule has 178 valence electrons. The first kappa shape index (κ1) is 24.7. The Balaban J connectivity index is 1.72. The molecule has 0 aliphatic carbocycles. The largest absolute Gasteiger partial charge is 0.488 e. The number of nitro groups is 1. The van der Waals surface area contributed by atoms with Gasteiger partial charge in [-0.25, -0.2) is 0 Å². The van der Waals surface area contributed by atoms with E-state index in [1.165, 1.54) is 18.2 Å². The minimum absolute atomic E-state index is 0.0799. The number of anilines is 1. The summed E-state index contributed by atoms with van der Waals surface area (Å²) in [6.07, 6.45) is 1.40. The smallest absolute Gasteiger partial charge is 0.294 e. The first-order chi connectivity index (χ1) is 17.4. The molecule has 36 heavy (non-hydrogen) atoms. The zero-order chi connectivity index (χ0) is 25.7. The maximum atomic E-state index is 13.0. The van der Waals surface area contributed by atoms with Crippen LogP contribution in [-0.4, -0.2) is 10.8 Å². The molecule has 7 nitrogen and oxygen atoms in total. The third-order valence-electron chi connectivity index (χ3n) is 5.33. The zero-order valence-corrected chi connectivity index (χ0v) is 20.1. The summed E-state index contributed by atoms with van der Waals surface area (Å²) < 4.78 is 6.05. The molecule has 1 N–H and O–H groups in total. The van der Waals surface area contributed by atoms with Crippen molar-refractivity contribution in [2.45, 2.75) is 6.61 Å². The van der Waals surface area contributed by atoms with Gasteiger partial charge in [-0.05, 0) is 41.1 Å². The number of benzene rings is 4. The Morgan fingerprint density at radius 1 is 1.06 bits per heavy atom. The predicted molar refractivity (Wildman–Crippen MR) is 140 cm³/mol. The number of carbonyl (C=O) groups is 1. The molecule has 0 aliphatic heterocycles. The van der Waals surface area contributed by atoms with E-state index in [4.69, 9.17) is 27.9 Å². The summed E-state index contributed by atoms with van der Waals surface area (Å²) in [5.74, 6) is -0.375. The van der Waals surface area contributed by atoms with Crippen LogP contribution in [0.15, 0.2) is 84.4 Å². The van der Waals surface area contributed by atoms with E-state index in [1.807, 2.05) is 54.6 Å². The van der Waals surface area contributed by atoms with Crippen molar-refractivity contribution in [3.8, 4) is 11.8 Å². The van der Waals surface area contributed by atoms with Crippen LogP contribution >= 0.6 is 23.2 Å². The summed E-state index contributed by atoms with van der Waals surface area (Å²) in [6, 6.07) is 24.1. The minimum atomic E-state index is -0.812. The van der Waals surface area contributed by atoms with Crippen LogP contribution in [0.1, 0.15) is 11.1 Å². The van der Waals surface area contributed by atoms with E-state index < -0.39 is 10.8 Å². The van der Waals surface area contributed by atoms with Crippen LogP contribution in [0.5, 0.6) is 5.75 Å². The van der Waals surface area contributed by atoms with E-state index in [0.29, 0.717) is 16.3 Å². The number of nitrogens with zero attached hydrogens (tertiary/aromatic N) is 2. The molecule has 0 radical (unpaired) electrons. The van der Waals surface area contributed by atoms with Gasteiger partial charge in [0.2, 0.25) is 0 Å². The summed E-state index contributed by atoms with van der Waals surface area (Å²) >= 11 is 12.1. The van der Waals surface area contributed by atoms with E-state index in [-0.39, 0.29) is 28.6 Å². The number of carbonyl (C=O) groups excluding carboxylic acids is 1. The van der Waals surface area contributed by atoms with Crippen LogP contribution in [0.4, 0.5) is 11.4 Å². The molecule has 4 aromatic carbocycles. The molecule has 0 aromatic heterocycles. The number of hydrogen-bond acceptors (Lipinski definition) is 5. The summed E-state index contributed by atoms with van der Waals surface area (Å²) in [7, 11) is 0. The molecule has 0 aliphatic rings. The number of fused-ring (bicyclic) bond motifs is 1. The predicted octanol–water partition coefficient (Wildman–Crippen LogP) is 7.18. The second-order valence-corrected chi connectivity index (χ2v) is 8.46. The van der Waals surface area contributed by atoms with Crippen molar-refractivity contribution >= 4 is 57.3 Å². The number of hydrogen-bond donors (Lipinski definition) is 1. The van der Waals surface area contributed by atoms with Gasteiger partial charge in [-0.1, -0.05) is 71.7 Å². The van der Waals surface area contributed by atoms with Crippen molar-refractivity contribution in [3.05, 3.63) is 116 Å². The van der Waals surface area contributed by atoms with E-state index >= 15 is 0 Å². The number of nitrogens with one attached hydrogen (secondary N) is 1. The second-order valence-electron chi connectivity index (χ2n) is 7.62. The lowest BCUT2D eigenvalue weighted by molar-refractivity contribution is -0.383. The summed E-state index contributed by atoms with van der Waals surface area (Å²) in [4.78, 5) is 23.7. The van der Waals surface area contributed by atoms with Crippen LogP contribution in [0, 0.1) is 21.4 Å². The van der Waals surface area contributed by atoms with Gasteiger partial charge in [0.05, 0.1) is 4.92 Å². The third-order valence-corrected chi connectivity index (χ3v) is 5.93.